The Morgan fingerprint density at radius 2 is 1.67 bits per heavy atom. The van der Waals surface area contributed by atoms with E-state index >= 15 is 0 Å². The molecule has 0 atom stereocenters. The second-order valence-electron chi connectivity index (χ2n) is 4.15. The Morgan fingerprint density at radius 1 is 1.20 bits per heavy atom. The molecule has 0 radical (unpaired) electrons. The zero-order chi connectivity index (χ0) is 11.9. The number of hydrogen-bond donors (Lipinski definition) is 0. The van der Waals surface area contributed by atoms with Gasteiger partial charge in [-0.1, -0.05) is 0 Å². The van der Waals surface area contributed by atoms with Gasteiger partial charge in [0.25, 0.3) is 10.1 Å². The fraction of sp³-hybridized carbons (Fsp3) is 1.00. The third kappa shape index (κ3) is 2.34. The van der Waals surface area contributed by atoms with Gasteiger partial charge in [-0.15, -0.1) is 0 Å². The molecule has 0 spiro atoms. The smallest absolute Gasteiger partial charge is 0.268 e. The molecule has 0 bridgehead atoms. The number of rotatable bonds is 5. The van der Waals surface area contributed by atoms with Crippen molar-refractivity contribution in [2.75, 3.05) is 12.9 Å². The summed E-state index contributed by atoms with van der Waals surface area (Å²) < 4.78 is 49.5. The third-order valence-corrected chi connectivity index (χ3v) is 7.32. The summed E-state index contributed by atoms with van der Waals surface area (Å²) in [5.41, 5.74) is 0. The average Bonchev–Trinajstić information content (AvgIpc) is 2.85. The van der Waals surface area contributed by atoms with Crippen molar-refractivity contribution in [1.29, 1.82) is 0 Å². The van der Waals surface area contributed by atoms with Gasteiger partial charge in [0, 0.05) is 0 Å². The Bertz CT molecular complexity index is 428. The highest BCUT2D eigenvalue weighted by atomic mass is 32.2. The second kappa shape index (κ2) is 3.71. The van der Waals surface area contributed by atoms with Crippen molar-refractivity contribution in [3.63, 3.8) is 0 Å². The Labute approximate surface area is 90.9 Å². The summed E-state index contributed by atoms with van der Waals surface area (Å²) in [5.74, 6) is -0.420. The van der Waals surface area contributed by atoms with Gasteiger partial charge in [-0.05, 0) is 26.7 Å². The minimum absolute atomic E-state index is 0.413. The van der Waals surface area contributed by atoms with Gasteiger partial charge >= 0.3 is 0 Å². The van der Waals surface area contributed by atoms with E-state index in [0.29, 0.717) is 12.8 Å². The van der Waals surface area contributed by atoms with Gasteiger partial charge in [0.1, 0.15) is 0 Å². The van der Waals surface area contributed by atoms with E-state index < -0.39 is 35.7 Å². The summed E-state index contributed by atoms with van der Waals surface area (Å²) in [4.78, 5) is 0. The van der Waals surface area contributed by atoms with Crippen LogP contribution in [0.15, 0.2) is 0 Å². The van der Waals surface area contributed by atoms with E-state index in [2.05, 4.69) is 4.18 Å². The molecule has 1 rings (SSSR count). The Balaban J connectivity index is 2.97. The molecule has 1 saturated carbocycles. The summed E-state index contributed by atoms with van der Waals surface area (Å²) >= 11 is 0. The van der Waals surface area contributed by atoms with Gasteiger partial charge in [-0.3, -0.25) is 4.18 Å². The lowest BCUT2D eigenvalue weighted by Crippen LogP contribution is -2.36. The quantitative estimate of drug-likeness (QED) is 0.662. The highest BCUT2D eigenvalue weighted by Crippen LogP contribution is 2.46. The van der Waals surface area contributed by atoms with Gasteiger partial charge in [-0.25, -0.2) is 8.42 Å². The number of hydrogen-bond acceptors (Lipinski definition) is 5. The average molecular weight is 256 g/mol. The molecule has 5 nitrogen and oxygen atoms in total. The van der Waals surface area contributed by atoms with Crippen molar-refractivity contribution in [3.05, 3.63) is 0 Å². The maximum absolute atomic E-state index is 11.9. The molecular formula is C8H16O5S2. The SMILES string of the molecule is COS(=O)(=O)CC1(S(=O)(=O)C(C)C)CC1. The minimum atomic E-state index is -3.71. The topological polar surface area (TPSA) is 77.5 Å². The van der Waals surface area contributed by atoms with Crippen molar-refractivity contribution < 1.29 is 21.0 Å². The van der Waals surface area contributed by atoms with E-state index in [0.717, 1.165) is 7.11 Å². The first-order chi connectivity index (χ1) is 6.67. The van der Waals surface area contributed by atoms with Gasteiger partial charge in [0.2, 0.25) is 0 Å². The lowest BCUT2D eigenvalue weighted by Gasteiger charge is -2.18. The largest absolute Gasteiger partial charge is 0.273 e. The summed E-state index contributed by atoms with van der Waals surface area (Å²) in [6, 6.07) is 0. The van der Waals surface area contributed by atoms with E-state index in [4.69, 9.17) is 0 Å². The van der Waals surface area contributed by atoms with Gasteiger partial charge in [0.15, 0.2) is 9.84 Å². The molecule has 0 saturated heterocycles. The van der Waals surface area contributed by atoms with Crippen molar-refractivity contribution in [2.24, 2.45) is 0 Å². The normalized spacial score (nSPS) is 20.5. The first-order valence-corrected chi connectivity index (χ1v) is 7.81. The fourth-order valence-electron chi connectivity index (χ4n) is 1.53. The summed E-state index contributed by atoms with van der Waals surface area (Å²) in [5, 5.41) is -0.549. The van der Waals surface area contributed by atoms with Crippen LogP contribution >= 0.6 is 0 Å². The monoisotopic (exact) mass is 256 g/mol. The van der Waals surface area contributed by atoms with Gasteiger partial charge in [0.05, 0.1) is 22.9 Å². The van der Waals surface area contributed by atoms with Crippen LogP contribution in [0.4, 0.5) is 0 Å². The molecule has 90 valence electrons. The van der Waals surface area contributed by atoms with Crippen LogP contribution in [0.1, 0.15) is 26.7 Å². The molecule has 0 aliphatic heterocycles. The zero-order valence-electron chi connectivity index (χ0n) is 9.06. The van der Waals surface area contributed by atoms with Crippen LogP contribution in [0, 0.1) is 0 Å². The molecule has 7 heteroatoms. The van der Waals surface area contributed by atoms with E-state index in [1.807, 2.05) is 0 Å². The summed E-state index contributed by atoms with van der Waals surface area (Å²) in [6.07, 6.45) is 0.826. The molecule has 0 N–H and O–H groups in total. The molecule has 15 heavy (non-hydrogen) atoms. The van der Waals surface area contributed by atoms with Crippen molar-refractivity contribution in [3.8, 4) is 0 Å². The van der Waals surface area contributed by atoms with Gasteiger partial charge in [-0.2, -0.15) is 8.42 Å². The molecule has 0 amide bonds. The lowest BCUT2D eigenvalue weighted by atomic mass is 10.5. The summed E-state index contributed by atoms with van der Waals surface area (Å²) in [7, 11) is -6.03. The molecule has 0 heterocycles. The minimum Gasteiger partial charge on any atom is -0.273 e. The predicted molar refractivity (Wildman–Crippen MR) is 56.8 cm³/mol. The highest BCUT2D eigenvalue weighted by Gasteiger charge is 2.57. The van der Waals surface area contributed by atoms with E-state index in [1.165, 1.54) is 0 Å². The van der Waals surface area contributed by atoms with Crippen LogP contribution in [0.2, 0.25) is 0 Å². The first-order valence-electron chi connectivity index (χ1n) is 4.69. The molecule has 1 aliphatic rings. The van der Waals surface area contributed by atoms with Gasteiger partial charge < -0.3 is 0 Å². The molecule has 0 unspecified atom stereocenters. The van der Waals surface area contributed by atoms with E-state index in [-0.39, 0.29) is 0 Å². The van der Waals surface area contributed by atoms with Crippen molar-refractivity contribution >= 4 is 20.0 Å². The van der Waals surface area contributed by atoms with E-state index in [9.17, 15) is 16.8 Å². The maximum atomic E-state index is 11.9. The van der Waals surface area contributed by atoms with Crippen molar-refractivity contribution in [1.82, 2.24) is 0 Å². The molecule has 0 aromatic heterocycles. The molecule has 1 fully saturated rings. The van der Waals surface area contributed by atoms with Crippen LogP contribution in [0.5, 0.6) is 0 Å². The van der Waals surface area contributed by atoms with Crippen LogP contribution in [-0.4, -0.2) is 39.7 Å². The number of sulfone groups is 1. The predicted octanol–water partition coefficient (Wildman–Crippen LogP) is 0.318. The van der Waals surface area contributed by atoms with Crippen molar-refractivity contribution in [2.45, 2.75) is 36.7 Å². The zero-order valence-corrected chi connectivity index (χ0v) is 10.7. The maximum Gasteiger partial charge on any atom is 0.268 e. The fourth-order valence-corrected chi connectivity index (χ4v) is 5.34. The second-order valence-corrected chi connectivity index (χ2v) is 8.78. The first kappa shape index (κ1) is 12.9. The highest BCUT2D eigenvalue weighted by molar-refractivity contribution is 7.95. The lowest BCUT2D eigenvalue weighted by molar-refractivity contribution is 0.396. The van der Waals surface area contributed by atoms with Crippen LogP contribution < -0.4 is 0 Å². The Kier molecular flexibility index (Phi) is 3.20. The van der Waals surface area contributed by atoms with Crippen LogP contribution in [0.25, 0.3) is 0 Å². The molecule has 1 aliphatic carbocycles. The standard InChI is InChI=1S/C8H16O5S2/c1-7(2)15(11,12)8(4-5-8)6-14(9,10)13-3/h7H,4-6H2,1-3H3. The Hall–Kier alpha value is -0.140. The molecular weight excluding hydrogens is 240 g/mol. The van der Waals surface area contributed by atoms with Crippen LogP contribution in [0.3, 0.4) is 0 Å². The molecule has 0 aromatic carbocycles. The summed E-state index contributed by atoms with van der Waals surface area (Å²) in [6.45, 7) is 3.13. The third-order valence-electron chi connectivity index (χ3n) is 2.73. The Morgan fingerprint density at radius 3 is 1.93 bits per heavy atom. The van der Waals surface area contributed by atoms with E-state index in [1.54, 1.807) is 13.8 Å². The molecule has 0 aromatic rings. The van der Waals surface area contributed by atoms with Crippen LogP contribution in [-0.2, 0) is 24.1 Å².